The zero-order valence-corrected chi connectivity index (χ0v) is 16.4. The van der Waals surface area contributed by atoms with E-state index in [2.05, 4.69) is 73.5 Å². The van der Waals surface area contributed by atoms with Crippen LogP contribution in [0.5, 0.6) is 5.75 Å². The Labute approximate surface area is 158 Å². The molecular formula is C23H32N2O. The van der Waals surface area contributed by atoms with Crippen molar-refractivity contribution in [2.75, 3.05) is 32.8 Å². The Kier molecular flexibility index (Phi) is 6.70. The quantitative estimate of drug-likeness (QED) is 0.770. The van der Waals surface area contributed by atoms with Gasteiger partial charge in [-0.3, -0.25) is 0 Å². The fourth-order valence-electron chi connectivity index (χ4n) is 3.71. The fourth-order valence-corrected chi connectivity index (χ4v) is 3.71. The van der Waals surface area contributed by atoms with Crippen LogP contribution in [0.25, 0.3) is 0 Å². The molecule has 3 rings (SSSR count). The molecule has 0 aliphatic carbocycles. The number of aryl methyl sites for hydroxylation is 1. The van der Waals surface area contributed by atoms with Crippen LogP contribution in [0.2, 0.25) is 0 Å². The molecule has 3 nitrogen and oxygen atoms in total. The van der Waals surface area contributed by atoms with E-state index in [0.717, 1.165) is 51.4 Å². The monoisotopic (exact) mass is 352 g/mol. The summed E-state index contributed by atoms with van der Waals surface area (Å²) in [6.45, 7) is 11.5. The Hall–Kier alpha value is -1.84. The van der Waals surface area contributed by atoms with E-state index >= 15 is 0 Å². The van der Waals surface area contributed by atoms with Crippen molar-refractivity contribution >= 4 is 0 Å². The molecule has 0 aromatic heterocycles. The maximum absolute atomic E-state index is 6.02. The molecule has 0 amide bonds. The molecule has 1 N–H and O–H groups in total. The molecule has 0 saturated carbocycles. The summed E-state index contributed by atoms with van der Waals surface area (Å²) >= 11 is 0. The smallest absolute Gasteiger partial charge is 0.119 e. The predicted octanol–water partition coefficient (Wildman–Crippen LogP) is 4.20. The van der Waals surface area contributed by atoms with Crippen molar-refractivity contribution in [3.63, 3.8) is 0 Å². The lowest BCUT2D eigenvalue weighted by Crippen LogP contribution is -2.30. The summed E-state index contributed by atoms with van der Waals surface area (Å²) in [5, 5.41) is 3.67. The number of benzene rings is 2. The van der Waals surface area contributed by atoms with Gasteiger partial charge in [0, 0.05) is 13.1 Å². The van der Waals surface area contributed by atoms with Gasteiger partial charge in [0.25, 0.3) is 0 Å². The van der Waals surface area contributed by atoms with Crippen molar-refractivity contribution in [1.29, 1.82) is 0 Å². The molecular weight excluding hydrogens is 320 g/mol. The number of ether oxygens (including phenoxy) is 1. The molecule has 3 heteroatoms. The highest BCUT2D eigenvalue weighted by Crippen LogP contribution is 2.31. The van der Waals surface area contributed by atoms with Crippen LogP contribution in [0.1, 0.15) is 49.1 Å². The van der Waals surface area contributed by atoms with Crippen LogP contribution >= 0.6 is 0 Å². The van der Waals surface area contributed by atoms with E-state index in [-0.39, 0.29) is 6.04 Å². The minimum absolute atomic E-state index is 0.286. The highest BCUT2D eigenvalue weighted by Gasteiger charge is 2.21. The van der Waals surface area contributed by atoms with Gasteiger partial charge in [-0.15, -0.1) is 0 Å². The highest BCUT2D eigenvalue weighted by atomic mass is 16.5. The summed E-state index contributed by atoms with van der Waals surface area (Å²) in [6.07, 6.45) is 2.15. The van der Waals surface area contributed by atoms with Gasteiger partial charge in [-0.25, -0.2) is 0 Å². The summed E-state index contributed by atoms with van der Waals surface area (Å²) in [6, 6.07) is 15.9. The first-order valence-electron chi connectivity index (χ1n) is 10.0. The lowest BCUT2D eigenvalue weighted by atomic mass is 9.89. The summed E-state index contributed by atoms with van der Waals surface area (Å²) in [4.78, 5) is 2.39. The third kappa shape index (κ3) is 4.46. The van der Waals surface area contributed by atoms with Gasteiger partial charge in [-0.05, 0) is 60.3 Å². The molecule has 1 aliphatic rings. The van der Waals surface area contributed by atoms with Gasteiger partial charge in [0.2, 0.25) is 0 Å². The summed E-state index contributed by atoms with van der Waals surface area (Å²) in [7, 11) is 0. The first kappa shape index (κ1) is 18.9. The lowest BCUT2D eigenvalue weighted by Gasteiger charge is -2.28. The molecule has 2 aromatic rings. The highest BCUT2D eigenvalue weighted by molar-refractivity contribution is 5.44. The Morgan fingerprint density at radius 3 is 2.50 bits per heavy atom. The summed E-state index contributed by atoms with van der Waals surface area (Å²) < 4.78 is 6.02. The van der Waals surface area contributed by atoms with E-state index in [9.17, 15) is 0 Å². The Morgan fingerprint density at radius 2 is 1.81 bits per heavy atom. The number of nitrogens with one attached hydrogen (secondary N) is 1. The first-order valence-corrected chi connectivity index (χ1v) is 10.0. The number of nitrogens with zero attached hydrogens (tertiary/aromatic N) is 1. The zero-order valence-electron chi connectivity index (χ0n) is 16.4. The van der Waals surface area contributed by atoms with Crippen LogP contribution in [0.4, 0.5) is 0 Å². The number of fused-ring (bicyclic) bond motifs is 1. The van der Waals surface area contributed by atoms with Crippen molar-refractivity contribution in [2.24, 2.45) is 0 Å². The van der Waals surface area contributed by atoms with E-state index in [4.69, 9.17) is 4.74 Å². The van der Waals surface area contributed by atoms with Crippen LogP contribution in [-0.4, -0.2) is 37.7 Å². The van der Waals surface area contributed by atoms with Crippen LogP contribution in [-0.2, 0) is 12.8 Å². The van der Waals surface area contributed by atoms with Crippen LogP contribution in [0, 0.1) is 0 Å². The van der Waals surface area contributed by atoms with Gasteiger partial charge < -0.3 is 15.0 Å². The third-order valence-electron chi connectivity index (χ3n) is 5.46. The summed E-state index contributed by atoms with van der Waals surface area (Å²) in [5.41, 5.74) is 5.53. The molecule has 2 aromatic carbocycles. The second-order valence-corrected chi connectivity index (χ2v) is 6.97. The molecule has 0 saturated heterocycles. The number of hydrogen-bond acceptors (Lipinski definition) is 3. The number of likely N-dealkylation sites (N-methyl/N-ethyl adjacent to an activating group) is 1. The Bertz CT molecular complexity index is 692. The minimum atomic E-state index is 0.286. The average Bonchev–Trinajstić information content (AvgIpc) is 2.70. The van der Waals surface area contributed by atoms with Crippen LogP contribution in [0.3, 0.4) is 0 Å². The molecule has 1 atom stereocenters. The standard InChI is InChI=1S/C23H32N2O/c1-4-18-7-9-19(10-8-18)23-22-12-11-21(17-20(22)13-14-24-23)26-16-15-25(5-2)6-3/h7-12,17,23-24H,4-6,13-16H2,1-3H3. The third-order valence-corrected chi connectivity index (χ3v) is 5.46. The van der Waals surface area contributed by atoms with Gasteiger partial charge in [-0.1, -0.05) is 51.1 Å². The normalized spacial score (nSPS) is 16.5. The molecule has 0 radical (unpaired) electrons. The molecule has 1 aliphatic heterocycles. The number of hydrogen-bond donors (Lipinski definition) is 1. The molecule has 140 valence electrons. The maximum Gasteiger partial charge on any atom is 0.119 e. The van der Waals surface area contributed by atoms with Gasteiger partial charge >= 0.3 is 0 Å². The van der Waals surface area contributed by atoms with Gasteiger partial charge in [0.15, 0.2) is 0 Å². The lowest BCUT2D eigenvalue weighted by molar-refractivity contribution is 0.222. The minimum Gasteiger partial charge on any atom is -0.492 e. The molecule has 0 fully saturated rings. The van der Waals surface area contributed by atoms with Crippen LogP contribution in [0.15, 0.2) is 42.5 Å². The Morgan fingerprint density at radius 1 is 1.04 bits per heavy atom. The van der Waals surface area contributed by atoms with E-state index in [1.54, 1.807) is 0 Å². The SMILES string of the molecule is CCc1ccc(C2NCCc3cc(OCCN(CC)CC)ccc32)cc1. The first-order chi connectivity index (χ1) is 12.7. The van der Waals surface area contributed by atoms with E-state index < -0.39 is 0 Å². The summed E-state index contributed by atoms with van der Waals surface area (Å²) in [5.74, 6) is 0.998. The van der Waals surface area contributed by atoms with Crippen LogP contribution < -0.4 is 10.1 Å². The molecule has 1 heterocycles. The number of rotatable bonds is 8. The second-order valence-electron chi connectivity index (χ2n) is 6.97. The molecule has 0 spiro atoms. The predicted molar refractivity (Wildman–Crippen MR) is 109 cm³/mol. The fraction of sp³-hybridized carbons (Fsp3) is 0.478. The van der Waals surface area contributed by atoms with Crippen molar-refractivity contribution in [2.45, 2.75) is 39.7 Å². The van der Waals surface area contributed by atoms with E-state index in [1.165, 1.54) is 22.3 Å². The van der Waals surface area contributed by atoms with Crippen molar-refractivity contribution < 1.29 is 4.74 Å². The average molecular weight is 353 g/mol. The van der Waals surface area contributed by atoms with E-state index in [1.807, 2.05) is 0 Å². The van der Waals surface area contributed by atoms with E-state index in [0.29, 0.717) is 0 Å². The molecule has 0 bridgehead atoms. The van der Waals surface area contributed by atoms with Gasteiger partial charge in [0.1, 0.15) is 12.4 Å². The molecule has 26 heavy (non-hydrogen) atoms. The maximum atomic E-state index is 6.02. The topological polar surface area (TPSA) is 24.5 Å². The molecule has 1 unspecified atom stereocenters. The second kappa shape index (κ2) is 9.20. The van der Waals surface area contributed by atoms with Crippen molar-refractivity contribution in [3.8, 4) is 5.75 Å². The van der Waals surface area contributed by atoms with Gasteiger partial charge in [0.05, 0.1) is 6.04 Å². The largest absolute Gasteiger partial charge is 0.492 e. The van der Waals surface area contributed by atoms with Crippen molar-refractivity contribution in [1.82, 2.24) is 10.2 Å². The van der Waals surface area contributed by atoms with Gasteiger partial charge in [-0.2, -0.15) is 0 Å². The van der Waals surface area contributed by atoms with Crippen molar-refractivity contribution in [3.05, 3.63) is 64.7 Å². The zero-order chi connectivity index (χ0) is 18.4. The Balaban J connectivity index is 1.70.